The zero-order valence-electron chi connectivity index (χ0n) is 68.9. The van der Waals surface area contributed by atoms with E-state index in [9.17, 15) is 67.8 Å². The summed E-state index contributed by atoms with van der Waals surface area (Å²) in [5.74, 6) is -0.0794. The van der Waals surface area contributed by atoms with Gasteiger partial charge in [0.25, 0.3) is 16.7 Å². The van der Waals surface area contributed by atoms with Crippen LogP contribution in [-0.4, -0.2) is 328 Å². The number of imidazole rings is 2. The van der Waals surface area contributed by atoms with Crippen LogP contribution in [0.3, 0.4) is 0 Å². The Morgan fingerprint density at radius 2 is 0.656 bits per heavy atom. The summed E-state index contributed by atoms with van der Waals surface area (Å²) in [6, 6.07) is 0. The molecule has 5 aliphatic rings. The number of phosphoric acid groups is 3. The van der Waals surface area contributed by atoms with Crippen LogP contribution in [0.15, 0.2) is 72.7 Å². The zero-order valence-corrected chi connectivity index (χ0v) is 75.0. The summed E-state index contributed by atoms with van der Waals surface area (Å²) in [6.07, 6.45) is -26.9. The predicted octanol–water partition coefficient (Wildman–Crippen LogP) is -3.24. The maximum atomic E-state index is 15.2. The van der Waals surface area contributed by atoms with Gasteiger partial charge in [-0.3, -0.25) is 88.4 Å². The minimum Gasteiger partial charge on any atom is -0.394 e. The van der Waals surface area contributed by atoms with Gasteiger partial charge >= 0.3 is 54.0 Å². The van der Waals surface area contributed by atoms with Crippen molar-refractivity contribution in [2.24, 2.45) is 0 Å². The first-order valence-corrected chi connectivity index (χ1v) is 48.1. The van der Waals surface area contributed by atoms with E-state index in [1.165, 1.54) is 84.4 Å². The van der Waals surface area contributed by atoms with Crippen LogP contribution in [0, 0.1) is 20.8 Å². The SMILES string of the molecule is COCCO[C@H]1C(OP(=O)(O)OC[C@H]2O[C@@H](n3cc(C)c(=O)[nH]c3=O)[C@@H](OCCOC)C2OP(O)(O)=S)[C@@H](COP(=O)(O)OC2[C@@H](COP(=O)(O)OC3[C@@H](COP(O)(=S)OC4[C@@H](CO)O[C@@H](n5cnc6c(N)ncnc65)[C@H]4OCCOC)O[C@@H](n4cnc5c(N)ncnc54)[C@H]3OCCOC)O[C@@H](n3cc(C)c(=O)[nH]c3=O)[C@H]2OCCOC)O[C@H]1n1cc(C)c(=O)[nH]c1=O. The summed E-state index contributed by atoms with van der Waals surface area (Å²) < 4.78 is 191. The Labute approximate surface area is 731 Å². The molecule has 63 heteroatoms. The predicted molar refractivity (Wildman–Crippen MR) is 435 cm³/mol. The number of aromatic amines is 3. The van der Waals surface area contributed by atoms with Gasteiger partial charge in [0.05, 0.1) is 112 Å². The van der Waals surface area contributed by atoms with Crippen molar-refractivity contribution in [3.63, 3.8) is 0 Å². The molecule has 7 aromatic rings. The number of rotatable bonds is 48. The number of hydrogen-bond acceptors (Lipinski definition) is 44. The third kappa shape index (κ3) is 24.2. The standard InChI is InChI=1S/C65H95N16O40P5S2/c1-31-19-77(63(86)74-55(31)83)58-47(104-15-10-99-5)42(117-122(89,90)108-23-35-43(48(105-16-11-100-6)59(113-35)78-20-32(2)56(84)75-64(78)87)118-124(93,94)110-25-37-45(120-125(95,96)127)50(107-18-13-102-8)60(115-37)79-21-33(3)57(85)76-65(79)88)36(114-58)24-109-123(91,92)119-44-38(116-62(49(44)106-17-12-101-7)81-30-73-40-52(67)69-28-71-54(40)81)26-111-126(97,128)121-41-34(22-82)112-61(46(41)103-14-9-98-4)80-29-72-39-51(66)68-27-70-53(39)80/h19-21,27-30,34-38,41-50,58-62,82H,9-18,22-26H2,1-8H3,(H,89,90)(H,91,92)(H,93,94)(H,97,128)(H2,66,68,70)(H2,67,69,71)(H,74,83,86)(H,75,84,87)(H,76,85,88)(H2,95,96,127)/t34-,35-,36-,37-,38-,41?,42?,43?,44?,45?,46+,47+,48+,49+,50+,58-,59-,60-,61-,62-,126?/m1/s1. The van der Waals surface area contributed by atoms with E-state index in [0.717, 1.165) is 38.6 Å². The summed E-state index contributed by atoms with van der Waals surface area (Å²) in [5.41, 5.74) is 6.51. The second kappa shape index (κ2) is 43.7. The minimum absolute atomic E-state index is 0.0163. The number of methoxy groups -OCH3 is 5. The van der Waals surface area contributed by atoms with Crippen LogP contribution in [0.25, 0.3) is 22.3 Å². The van der Waals surface area contributed by atoms with Crippen molar-refractivity contribution in [3.8, 4) is 0 Å². The molecule has 9 unspecified atom stereocenters. The summed E-state index contributed by atoms with van der Waals surface area (Å²) in [6.45, 7) is -13.4. The molecule has 24 atom stereocenters. The number of nitrogens with zero attached hydrogens (tertiary/aromatic N) is 11. The average Bonchev–Trinajstić information content (AvgIpc) is 1.66. The average molecular weight is 1960 g/mol. The van der Waals surface area contributed by atoms with Gasteiger partial charge < -0.3 is 122 Å². The monoisotopic (exact) mass is 1960 g/mol. The molecule has 0 amide bonds. The molecule has 14 N–H and O–H groups in total. The lowest BCUT2D eigenvalue weighted by Gasteiger charge is -2.29. The molecule has 5 fully saturated rings. The maximum Gasteiger partial charge on any atom is 0.472 e. The van der Waals surface area contributed by atoms with Crippen molar-refractivity contribution < 1.29 is 160 Å². The molecule has 5 saturated heterocycles. The zero-order chi connectivity index (χ0) is 92.5. The number of aliphatic hydroxyl groups excluding tert-OH is 1. The summed E-state index contributed by atoms with van der Waals surface area (Å²) in [4.78, 5) is 181. The molecule has 5 aliphatic heterocycles. The largest absolute Gasteiger partial charge is 0.472 e. The van der Waals surface area contributed by atoms with E-state index < -0.39 is 240 Å². The van der Waals surface area contributed by atoms with Crippen LogP contribution in [-0.2, 0) is 149 Å². The smallest absolute Gasteiger partial charge is 0.394 e. The molecule has 128 heavy (non-hydrogen) atoms. The number of hydrogen-bond donors (Lipinski definition) is 12. The fourth-order valence-corrected chi connectivity index (χ4v) is 19.4. The molecule has 0 spiro atoms. The quantitative estimate of drug-likeness (QED) is 0.0132. The normalized spacial score (nSPS) is 28.7. The second-order valence-corrected chi connectivity index (χ2v) is 38.3. The number of anilines is 2. The third-order valence-electron chi connectivity index (χ3n) is 20.1. The van der Waals surface area contributed by atoms with Crippen molar-refractivity contribution in [1.82, 2.24) is 67.7 Å². The Bertz CT molecular complexity index is 5610. The highest BCUT2D eigenvalue weighted by Gasteiger charge is 2.58. The molecule has 0 saturated carbocycles. The van der Waals surface area contributed by atoms with E-state index in [1.807, 2.05) is 0 Å². The molecular weight excluding hydrogens is 1860 g/mol. The van der Waals surface area contributed by atoms with Crippen molar-refractivity contribution >= 4 is 94.5 Å². The fourth-order valence-electron chi connectivity index (χ4n) is 14.2. The van der Waals surface area contributed by atoms with E-state index >= 15 is 9.13 Å². The Hall–Kier alpha value is -6.51. The Morgan fingerprint density at radius 3 is 0.945 bits per heavy atom. The number of nitrogens with two attached hydrogens (primary N) is 2. The molecular formula is C65H95N16O40P5S2. The summed E-state index contributed by atoms with van der Waals surface area (Å²) in [5, 5.41) is 10.8. The van der Waals surface area contributed by atoms with E-state index in [1.54, 1.807) is 0 Å². The highest BCUT2D eigenvalue weighted by Crippen LogP contribution is 2.57. The van der Waals surface area contributed by atoms with Crippen molar-refractivity contribution in [2.45, 2.75) is 143 Å². The van der Waals surface area contributed by atoms with Crippen molar-refractivity contribution in [1.29, 1.82) is 0 Å². The van der Waals surface area contributed by atoms with Gasteiger partial charge in [0.15, 0.2) is 54.1 Å². The molecule has 0 radical (unpaired) electrons. The number of aromatic nitrogens is 14. The lowest BCUT2D eigenvalue weighted by atomic mass is 10.1. The summed E-state index contributed by atoms with van der Waals surface area (Å²) in [7, 11) is -11.1. The van der Waals surface area contributed by atoms with Crippen molar-refractivity contribution in [2.75, 3.05) is 146 Å². The van der Waals surface area contributed by atoms with Gasteiger partial charge in [-0.25, -0.2) is 58.0 Å². The van der Waals surface area contributed by atoms with Crippen molar-refractivity contribution in [3.05, 3.63) is 123 Å². The number of aryl methyl sites for hydroxylation is 3. The van der Waals surface area contributed by atoms with Crippen LogP contribution in [0.5, 0.6) is 0 Å². The molecule has 712 valence electrons. The second-order valence-electron chi connectivity index (χ2n) is 28.6. The first kappa shape index (κ1) is 100. The van der Waals surface area contributed by atoms with Crippen LogP contribution >= 0.6 is 36.9 Å². The first-order valence-electron chi connectivity index (χ1n) is 38.4. The van der Waals surface area contributed by atoms with Crippen LogP contribution in [0.4, 0.5) is 11.6 Å². The Morgan fingerprint density at radius 1 is 0.383 bits per heavy atom. The summed E-state index contributed by atoms with van der Waals surface area (Å²) >= 11 is 10.5. The Kier molecular flexibility index (Phi) is 34.3. The number of H-pyrrole nitrogens is 3. The number of nitrogens with one attached hydrogen (secondary N) is 3. The lowest BCUT2D eigenvalue weighted by Crippen LogP contribution is -2.42. The lowest BCUT2D eigenvalue weighted by molar-refractivity contribution is -0.0854. The molecule has 7 aromatic heterocycles. The van der Waals surface area contributed by atoms with E-state index in [-0.39, 0.29) is 104 Å². The van der Waals surface area contributed by atoms with Gasteiger partial charge in [-0.05, 0) is 44.4 Å². The third-order valence-corrected chi connectivity index (χ3v) is 25.4. The first-order chi connectivity index (χ1) is 60.8. The highest BCUT2D eigenvalue weighted by molar-refractivity contribution is 8.07. The Balaban J connectivity index is 0.848. The van der Waals surface area contributed by atoms with Gasteiger partial charge in [0, 0.05) is 70.8 Å². The maximum absolute atomic E-state index is 15.2. The molecule has 12 rings (SSSR count). The van der Waals surface area contributed by atoms with Gasteiger partial charge in [0.2, 0.25) is 0 Å². The van der Waals surface area contributed by atoms with E-state index in [0.29, 0.717) is 0 Å². The number of fused-ring (bicyclic) bond motifs is 2. The van der Waals surface area contributed by atoms with Crippen LogP contribution in [0.2, 0.25) is 0 Å². The molecule has 0 bridgehead atoms. The van der Waals surface area contributed by atoms with Crippen LogP contribution in [0.1, 0.15) is 47.8 Å². The number of phosphoric ester groups is 3. The van der Waals surface area contributed by atoms with E-state index in [4.69, 9.17) is 147 Å². The van der Waals surface area contributed by atoms with Gasteiger partial charge in [0.1, 0.15) is 115 Å². The molecule has 12 heterocycles. The van der Waals surface area contributed by atoms with Crippen LogP contribution < -0.4 is 45.2 Å². The minimum atomic E-state index is -5.98. The molecule has 0 aromatic carbocycles. The fraction of sp³-hybridized carbons (Fsp3) is 0.662. The number of nitrogen functional groups attached to an aromatic ring is 2. The number of aliphatic hydroxyl groups is 1. The van der Waals surface area contributed by atoms with Gasteiger partial charge in [-0.2, -0.15) is 0 Å². The molecule has 56 nitrogen and oxygen atoms in total. The van der Waals surface area contributed by atoms with Gasteiger partial charge in [-0.1, -0.05) is 0 Å². The number of ether oxygens (including phenoxy) is 15. The molecule has 0 aliphatic carbocycles. The van der Waals surface area contributed by atoms with Gasteiger partial charge in [-0.15, -0.1) is 0 Å². The highest BCUT2D eigenvalue weighted by atomic mass is 32.5. The topological polar surface area (TPSA) is 718 Å². The van der Waals surface area contributed by atoms with E-state index in [2.05, 4.69) is 44.9 Å².